The third kappa shape index (κ3) is 23.1. The van der Waals surface area contributed by atoms with E-state index in [1.807, 2.05) is 0 Å². The van der Waals surface area contributed by atoms with Gasteiger partial charge in [0.05, 0.1) is 13.2 Å². The van der Waals surface area contributed by atoms with Gasteiger partial charge in [0.2, 0.25) is 0 Å². The van der Waals surface area contributed by atoms with E-state index in [4.69, 9.17) is 19.7 Å². The molecule has 0 saturated heterocycles. The number of aliphatic hydroxyl groups excluding tert-OH is 2. The fourth-order valence-electron chi connectivity index (χ4n) is 3.50. The molecule has 2 N–H and O–H groups in total. The van der Waals surface area contributed by atoms with Crippen molar-refractivity contribution in [3.8, 4) is 0 Å². The van der Waals surface area contributed by atoms with Gasteiger partial charge >= 0.3 is 11.9 Å². The molecule has 0 amide bonds. The lowest BCUT2D eigenvalue weighted by molar-refractivity contribution is -0.147. The Bertz CT molecular complexity index is 350. The Hall–Kier alpha value is -1.14. The lowest BCUT2D eigenvalue weighted by Gasteiger charge is -2.05. The molecule has 0 heterocycles. The number of carbonyl (C=O) groups excluding carboxylic acids is 2. The third-order valence-electron chi connectivity index (χ3n) is 5.32. The summed E-state index contributed by atoms with van der Waals surface area (Å²) in [7, 11) is 0. The Labute approximate surface area is 183 Å². The molecule has 0 aliphatic heterocycles. The molecule has 6 heteroatoms. The van der Waals surface area contributed by atoms with Gasteiger partial charge in [-0.05, 0) is 12.8 Å². The molecule has 178 valence electrons. The monoisotopic (exact) mass is 430 g/mol. The van der Waals surface area contributed by atoms with Gasteiger partial charge in [0.1, 0.15) is 13.2 Å². The van der Waals surface area contributed by atoms with Crippen LogP contribution < -0.4 is 0 Å². The van der Waals surface area contributed by atoms with E-state index < -0.39 is 25.2 Å². The van der Waals surface area contributed by atoms with Crippen LogP contribution in [-0.2, 0) is 19.1 Å². The highest BCUT2D eigenvalue weighted by Gasteiger charge is 2.00. The van der Waals surface area contributed by atoms with E-state index in [2.05, 4.69) is 0 Å². The summed E-state index contributed by atoms with van der Waals surface area (Å²) >= 11 is 0. The molecule has 0 aromatic heterocycles. The zero-order valence-electron chi connectivity index (χ0n) is 19.1. The molecule has 0 bridgehead atoms. The summed E-state index contributed by atoms with van der Waals surface area (Å²) in [5.41, 5.74) is 0. The second kappa shape index (κ2) is 24.1. The van der Waals surface area contributed by atoms with Crippen molar-refractivity contribution in [1.82, 2.24) is 0 Å². The number of rotatable bonds is 23. The molecule has 0 spiro atoms. The molecule has 0 aromatic carbocycles. The van der Waals surface area contributed by atoms with Crippen LogP contribution in [-0.4, -0.2) is 48.6 Å². The lowest BCUT2D eigenvalue weighted by atomic mass is 10.0. The van der Waals surface area contributed by atoms with Crippen LogP contribution in [0.3, 0.4) is 0 Å². The zero-order chi connectivity index (χ0) is 22.1. The molecule has 0 aromatic rings. The topological polar surface area (TPSA) is 93.1 Å². The standard InChI is InChI=1S/C24H46O6/c25-21-23(27)29-19-17-15-13-11-9-7-5-3-1-2-4-6-8-10-12-14-16-18-20-30-24(28)22-26/h25-26H,1-22H2. The Morgan fingerprint density at radius 1 is 0.400 bits per heavy atom. The van der Waals surface area contributed by atoms with E-state index in [0.717, 1.165) is 25.7 Å². The summed E-state index contributed by atoms with van der Waals surface area (Å²) in [4.78, 5) is 21.5. The van der Waals surface area contributed by atoms with Crippen molar-refractivity contribution in [1.29, 1.82) is 0 Å². The molecule has 6 nitrogen and oxygen atoms in total. The number of hydrogen-bond donors (Lipinski definition) is 2. The van der Waals surface area contributed by atoms with Crippen molar-refractivity contribution in [2.75, 3.05) is 26.4 Å². The first kappa shape index (κ1) is 28.9. The highest BCUT2D eigenvalue weighted by atomic mass is 16.5. The van der Waals surface area contributed by atoms with Crippen LogP contribution in [0.1, 0.15) is 116 Å². The Balaban J connectivity index is 3.05. The summed E-state index contributed by atoms with van der Waals surface area (Å²) in [6.45, 7) is -0.167. The van der Waals surface area contributed by atoms with E-state index in [0.29, 0.717) is 13.2 Å². The SMILES string of the molecule is O=C(CO)OCCCCCCCCCCCCCCCCCCCCOC(=O)CO. The van der Waals surface area contributed by atoms with E-state index >= 15 is 0 Å². The Kier molecular flexibility index (Phi) is 23.2. The number of carbonyl (C=O) groups is 2. The molecule has 0 aliphatic rings. The van der Waals surface area contributed by atoms with Crippen LogP contribution in [0.25, 0.3) is 0 Å². The van der Waals surface area contributed by atoms with Crippen molar-refractivity contribution < 1.29 is 29.3 Å². The minimum atomic E-state index is -0.525. The minimum absolute atomic E-state index is 0.435. The summed E-state index contributed by atoms with van der Waals surface area (Å²) < 4.78 is 9.66. The fourth-order valence-corrected chi connectivity index (χ4v) is 3.50. The van der Waals surface area contributed by atoms with Crippen LogP contribution in [0, 0.1) is 0 Å². The molecule has 0 aliphatic carbocycles. The van der Waals surface area contributed by atoms with Crippen molar-refractivity contribution in [2.45, 2.75) is 116 Å². The average Bonchev–Trinajstić information content (AvgIpc) is 2.76. The number of esters is 2. The van der Waals surface area contributed by atoms with Crippen molar-refractivity contribution in [2.24, 2.45) is 0 Å². The van der Waals surface area contributed by atoms with Crippen molar-refractivity contribution >= 4 is 11.9 Å². The second-order valence-corrected chi connectivity index (χ2v) is 8.12. The lowest BCUT2D eigenvalue weighted by Crippen LogP contribution is -2.09. The van der Waals surface area contributed by atoms with E-state index in [1.165, 1.54) is 89.9 Å². The molecule has 0 rings (SSSR count). The van der Waals surface area contributed by atoms with Gasteiger partial charge in [-0.2, -0.15) is 0 Å². The van der Waals surface area contributed by atoms with Crippen LogP contribution in [0.4, 0.5) is 0 Å². The maximum atomic E-state index is 10.7. The minimum Gasteiger partial charge on any atom is -0.464 e. The van der Waals surface area contributed by atoms with Crippen molar-refractivity contribution in [3.05, 3.63) is 0 Å². The molecule has 30 heavy (non-hydrogen) atoms. The smallest absolute Gasteiger partial charge is 0.331 e. The van der Waals surface area contributed by atoms with E-state index in [-0.39, 0.29) is 0 Å². The predicted molar refractivity (Wildman–Crippen MR) is 119 cm³/mol. The average molecular weight is 431 g/mol. The maximum Gasteiger partial charge on any atom is 0.331 e. The van der Waals surface area contributed by atoms with Gasteiger partial charge in [-0.3, -0.25) is 0 Å². The highest BCUT2D eigenvalue weighted by molar-refractivity contribution is 5.70. The van der Waals surface area contributed by atoms with Gasteiger partial charge in [-0.15, -0.1) is 0 Å². The van der Waals surface area contributed by atoms with Gasteiger partial charge in [-0.25, -0.2) is 9.59 Å². The molecule has 0 unspecified atom stereocenters. The van der Waals surface area contributed by atoms with Gasteiger partial charge in [0, 0.05) is 0 Å². The molecular weight excluding hydrogens is 384 g/mol. The first-order chi connectivity index (χ1) is 14.7. The Morgan fingerprint density at radius 2 is 0.600 bits per heavy atom. The van der Waals surface area contributed by atoms with Gasteiger partial charge in [0.15, 0.2) is 0 Å². The zero-order valence-corrected chi connectivity index (χ0v) is 19.1. The number of aliphatic hydroxyl groups is 2. The first-order valence-corrected chi connectivity index (χ1v) is 12.2. The molecule has 0 atom stereocenters. The summed E-state index contributed by atoms with van der Waals surface area (Å²) in [6.07, 6.45) is 22.3. The van der Waals surface area contributed by atoms with Crippen LogP contribution in [0.5, 0.6) is 0 Å². The number of ether oxygens (including phenoxy) is 2. The predicted octanol–water partition coefficient (Wildman–Crippen LogP) is 5.08. The fraction of sp³-hybridized carbons (Fsp3) is 0.917. The third-order valence-corrected chi connectivity index (χ3v) is 5.32. The van der Waals surface area contributed by atoms with Crippen LogP contribution >= 0.6 is 0 Å². The van der Waals surface area contributed by atoms with Gasteiger partial charge in [0.25, 0.3) is 0 Å². The molecular formula is C24H46O6. The quantitative estimate of drug-likeness (QED) is 0.173. The van der Waals surface area contributed by atoms with Crippen LogP contribution in [0.15, 0.2) is 0 Å². The van der Waals surface area contributed by atoms with Crippen LogP contribution in [0.2, 0.25) is 0 Å². The summed E-state index contributed by atoms with van der Waals surface area (Å²) in [6, 6.07) is 0. The molecule has 0 radical (unpaired) electrons. The normalized spacial score (nSPS) is 10.9. The number of hydrogen-bond acceptors (Lipinski definition) is 6. The van der Waals surface area contributed by atoms with Gasteiger partial charge < -0.3 is 19.7 Å². The summed E-state index contributed by atoms with van der Waals surface area (Å²) in [5, 5.41) is 17.1. The maximum absolute atomic E-state index is 10.7. The van der Waals surface area contributed by atoms with E-state index in [9.17, 15) is 9.59 Å². The highest BCUT2D eigenvalue weighted by Crippen LogP contribution is 2.14. The molecule has 0 fully saturated rings. The van der Waals surface area contributed by atoms with Crippen molar-refractivity contribution in [3.63, 3.8) is 0 Å². The second-order valence-electron chi connectivity index (χ2n) is 8.12. The number of unbranched alkanes of at least 4 members (excludes halogenated alkanes) is 17. The van der Waals surface area contributed by atoms with Gasteiger partial charge in [-0.1, -0.05) is 103 Å². The van der Waals surface area contributed by atoms with E-state index in [1.54, 1.807) is 0 Å². The summed E-state index contributed by atoms with van der Waals surface area (Å²) in [5.74, 6) is -1.05. The first-order valence-electron chi connectivity index (χ1n) is 12.2. The Morgan fingerprint density at radius 3 is 0.800 bits per heavy atom. The molecule has 0 saturated carbocycles. The largest absolute Gasteiger partial charge is 0.464 e.